The zero-order valence-corrected chi connectivity index (χ0v) is 18.1. The number of rotatable bonds is 3. The van der Waals surface area contributed by atoms with Crippen LogP contribution in [0.5, 0.6) is 0 Å². The quantitative estimate of drug-likeness (QED) is 0.341. The highest BCUT2D eigenvalue weighted by Crippen LogP contribution is 2.32. The van der Waals surface area contributed by atoms with E-state index in [-0.39, 0.29) is 0 Å². The highest BCUT2D eigenvalue weighted by atomic mass is 15.4. The third kappa shape index (κ3) is 2.89. The molecule has 0 saturated heterocycles. The molecule has 0 unspecified atom stereocenters. The summed E-state index contributed by atoms with van der Waals surface area (Å²) < 4.78 is 4.06. The molecule has 160 valence electrons. The number of fused-ring (bicyclic) bond motifs is 4. The molecule has 0 spiro atoms. The van der Waals surface area contributed by atoms with Crippen LogP contribution in [0, 0.1) is 0 Å². The monoisotopic (exact) mass is 438 g/mol. The summed E-state index contributed by atoms with van der Waals surface area (Å²) in [5.74, 6) is 0. The average molecular weight is 438 g/mol. The molecule has 6 heteroatoms. The molecule has 0 bridgehead atoms. The Morgan fingerprint density at radius 2 is 1.18 bits per heavy atom. The summed E-state index contributed by atoms with van der Waals surface area (Å²) in [6, 6.07) is 33.2. The maximum Gasteiger partial charge on any atom is 0.133 e. The Morgan fingerprint density at radius 3 is 1.91 bits per heavy atom. The largest absolute Gasteiger partial charge is 0.309 e. The number of nitrogens with zero attached hydrogens (tertiary/aromatic N) is 6. The van der Waals surface area contributed by atoms with Crippen LogP contribution in [0.15, 0.2) is 109 Å². The van der Waals surface area contributed by atoms with Crippen LogP contribution in [0.25, 0.3) is 55.6 Å². The van der Waals surface area contributed by atoms with E-state index >= 15 is 0 Å². The Morgan fingerprint density at radius 1 is 0.559 bits per heavy atom. The summed E-state index contributed by atoms with van der Waals surface area (Å²) in [6.07, 6.45) is 3.62. The predicted molar refractivity (Wildman–Crippen MR) is 134 cm³/mol. The first-order valence-electron chi connectivity index (χ1n) is 11.1. The van der Waals surface area contributed by atoms with Crippen LogP contribution in [0.4, 0.5) is 0 Å². The molecule has 0 radical (unpaired) electrons. The molecule has 7 rings (SSSR count). The van der Waals surface area contributed by atoms with Crippen LogP contribution < -0.4 is 0 Å². The molecule has 0 saturated carbocycles. The molecule has 0 aliphatic carbocycles. The highest BCUT2D eigenvalue weighted by Gasteiger charge is 2.12. The van der Waals surface area contributed by atoms with Crippen LogP contribution >= 0.6 is 0 Å². The Balaban J connectivity index is 1.27. The van der Waals surface area contributed by atoms with Crippen molar-refractivity contribution < 1.29 is 0 Å². The van der Waals surface area contributed by atoms with Gasteiger partial charge >= 0.3 is 0 Å². The summed E-state index contributed by atoms with van der Waals surface area (Å²) in [6.45, 7) is 0. The van der Waals surface area contributed by atoms with Gasteiger partial charge in [-0.25, -0.2) is 9.67 Å². The van der Waals surface area contributed by atoms with Gasteiger partial charge < -0.3 is 4.57 Å². The van der Waals surface area contributed by atoms with Gasteiger partial charge in [0.1, 0.15) is 11.4 Å². The number of hydrogen-bond donors (Lipinski definition) is 0. The van der Waals surface area contributed by atoms with Gasteiger partial charge in [0, 0.05) is 16.5 Å². The van der Waals surface area contributed by atoms with Gasteiger partial charge in [-0.15, -0.1) is 5.10 Å². The first kappa shape index (κ1) is 18.7. The standard InChI is InChI=1S/C28H18N6/c1-5-11-27-21(7-1)22-8-2-6-12-28(22)34(27)20-15-13-19(14-16-20)33-18-26(31-32-33)25-17-29-23-9-3-4-10-24(23)30-25/h1-18H. The molecule has 0 N–H and O–H groups in total. The SMILES string of the molecule is c1ccc2nc(-c3cn(-c4ccc(-n5c6ccccc6c6ccccc65)cc4)nn3)cnc2c1. The van der Waals surface area contributed by atoms with Gasteiger partial charge in [-0.2, -0.15) is 0 Å². The second-order valence-electron chi connectivity index (χ2n) is 8.18. The second kappa shape index (κ2) is 7.35. The Kier molecular flexibility index (Phi) is 4.04. The number of aromatic nitrogens is 6. The van der Waals surface area contributed by atoms with Gasteiger partial charge in [0.2, 0.25) is 0 Å². The number of para-hydroxylation sites is 4. The number of hydrogen-bond acceptors (Lipinski definition) is 4. The summed E-state index contributed by atoms with van der Waals surface area (Å²) >= 11 is 0. The minimum atomic E-state index is 0.685. The van der Waals surface area contributed by atoms with E-state index < -0.39 is 0 Å². The molecule has 3 heterocycles. The fourth-order valence-electron chi connectivity index (χ4n) is 4.54. The maximum atomic E-state index is 4.68. The molecule has 0 aliphatic rings. The lowest BCUT2D eigenvalue weighted by Gasteiger charge is -2.09. The van der Waals surface area contributed by atoms with Gasteiger partial charge in [-0.1, -0.05) is 53.7 Å². The first-order chi connectivity index (χ1) is 16.8. The summed E-state index contributed by atoms with van der Waals surface area (Å²) in [5, 5.41) is 11.2. The minimum Gasteiger partial charge on any atom is -0.309 e. The van der Waals surface area contributed by atoms with Crippen molar-refractivity contribution in [2.75, 3.05) is 0 Å². The highest BCUT2D eigenvalue weighted by molar-refractivity contribution is 6.09. The third-order valence-corrected chi connectivity index (χ3v) is 6.16. The Labute approximate surface area is 194 Å². The van der Waals surface area contributed by atoms with E-state index in [4.69, 9.17) is 0 Å². The van der Waals surface area contributed by atoms with Gasteiger partial charge in [-0.05, 0) is 48.5 Å². The van der Waals surface area contributed by atoms with E-state index in [2.05, 4.69) is 97.6 Å². The van der Waals surface area contributed by atoms with E-state index in [1.165, 1.54) is 21.8 Å². The van der Waals surface area contributed by atoms with Crippen molar-refractivity contribution in [1.29, 1.82) is 0 Å². The zero-order chi connectivity index (χ0) is 22.5. The second-order valence-corrected chi connectivity index (χ2v) is 8.18. The maximum absolute atomic E-state index is 4.68. The van der Waals surface area contributed by atoms with Crippen molar-refractivity contribution >= 4 is 32.8 Å². The third-order valence-electron chi connectivity index (χ3n) is 6.16. The van der Waals surface area contributed by atoms with Crippen molar-refractivity contribution in [2.24, 2.45) is 0 Å². The summed E-state index contributed by atoms with van der Waals surface area (Å²) in [7, 11) is 0. The fraction of sp³-hybridized carbons (Fsp3) is 0. The average Bonchev–Trinajstić information content (AvgIpc) is 3.52. The lowest BCUT2D eigenvalue weighted by molar-refractivity contribution is 0.803. The van der Waals surface area contributed by atoms with Gasteiger partial charge in [0.25, 0.3) is 0 Å². The van der Waals surface area contributed by atoms with Crippen LogP contribution in [0.3, 0.4) is 0 Å². The van der Waals surface area contributed by atoms with Crippen LogP contribution in [-0.4, -0.2) is 29.5 Å². The summed E-state index contributed by atoms with van der Waals surface area (Å²) in [4.78, 5) is 9.16. The smallest absolute Gasteiger partial charge is 0.133 e. The fourth-order valence-corrected chi connectivity index (χ4v) is 4.54. The van der Waals surface area contributed by atoms with Crippen LogP contribution in [0.2, 0.25) is 0 Å². The van der Waals surface area contributed by atoms with Crippen molar-refractivity contribution in [1.82, 2.24) is 29.5 Å². The van der Waals surface area contributed by atoms with E-state index in [0.29, 0.717) is 11.4 Å². The first-order valence-corrected chi connectivity index (χ1v) is 11.1. The summed E-state index contributed by atoms with van der Waals surface area (Å²) in [5.41, 5.74) is 7.49. The molecule has 3 aromatic heterocycles. The van der Waals surface area contributed by atoms with Crippen molar-refractivity contribution in [3.05, 3.63) is 109 Å². The molecule has 0 fully saturated rings. The number of benzene rings is 4. The van der Waals surface area contributed by atoms with Gasteiger partial charge in [0.05, 0.1) is 40.1 Å². The molecular formula is C28H18N6. The minimum absolute atomic E-state index is 0.685. The van der Waals surface area contributed by atoms with E-state index in [1.54, 1.807) is 10.9 Å². The molecule has 7 aromatic rings. The van der Waals surface area contributed by atoms with E-state index in [1.807, 2.05) is 30.5 Å². The predicted octanol–water partition coefficient (Wildman–Crippen LogP) is 5.97. The van der Waals surface area contributed by atoms with E-state index in [9.17, 15) is 0 Å². The molecule has 0 aliphatic heterocycles. The lowest BCUT2D eigenvalue weighted by atomic mass is 10.2. The van der Waals surface area contributed by atoms with Crippen molar-refractivity contribution in [3.63, 3.8) is 0 Å². The van der Waals surface area contributed by atoms with Crippen molar-refractivity contribution in [3.8, 4) is 22.8 Å². The van der Waals surface area contributed by atoms with Gasteiger partial charge in [0.15, 0.2) is 0 Å². The Bertz CT molecular complexity index is 1760. The van der Waals surface area contributed by atoms with E-state index in [0.717, 1.165) is 22.4 Å². The topological polar surface area (TPSA) is 61.4 Å². The lowest BCUT2D eigenvalue weighted by Crippen LogP contribution is -1.97. The molecule has 6 nitrogen and oxygen atoms in total. The van der Waals surface area contributed by atoms with Crippen LogP contribution in [0.1, 0.15) is 0 Å². The molecular weight excluding hydrogens is 420 g/mol. The van der Waals surface area contributed by atoms with Crippen LogP contribution in [-0.2, 0) is 0 Å². The Hall–Kier alpha value is -4.84. The molecule has 4 aromatic carbocycles. The zero-order valence-electron chi connectivity index (χ0n) is 18.1. The molecule has 34 heavy (non-hydrogen) atoms. The van der Waals surface area contributed by atoms with Crippen molar-refractivity contribution in [2.45, 2.75) is 0 Å². The molecule has 0 atom stereocenters. The van der Waals surface area contributed by atoms with Gasteiger partial charge in [-0.3, -0.25) is 4.98 Å². The molecule has 0 amide bonds. The normalized spacial score (nSPS) is 11.5.